The molecule has 4 heteroatoms. The SMILES string of the molecule is C=C(C(=O)OC)C(Cl)CCl. The lowest BCUT2D eigenvalue weighted by Gasteiger charge is -2.05. The van der Waals surface area contributed by atoms with Crippen LogP contribution in [0, 0.1) is 0 Å². The summed E-state index contributed by atoms with van der Waals surface area (Å²) in [6.07, 6.45) is 0. The highest BCUT2D eigenvalue weighted by atomic mass is 35.5. The van der Waals surface area contributed by atoms with Gasteiger partial charge in [0.25, 0.3) is 0 Å². The van der Waals surface area contributed by atoms with Crippen molar-refractivity contribution in [3.63, 3.8) is 0 Å². The first-order chi connectivity index (χ1) is 4.63. The molecule has 0 saturated heterocycles. The molecule has 0 aliphatic rings. The summed E-state index contributed by atoms with van der Waals surface area (Å²) in [5, 5.41) is -0.533. The van der Waals surface area contributed by atoms with Crippen LogP contribution in [0.3, 0.4) is 0 Å². The van der Waals surface area contributed by atoms with Gasteiger partial charge in [0.05, 0.1) is 12.5 Å². The van der Waals surface area contributed by atoms with E-state index in [0.717, 1.165) is 0 Å². The Hall–Kier alpha value is -0.210. The second-order valence-electron chi connectivity index (χ2n) is 1.64. The molecule has 0 aromatic heterocycles. The van der Waals surface area contributed by atoms with Gasteiger partial charge in [0.15, 0.2) is 0 Å². The molecule has 10 heavy (non-hydrogen) atoms. The van der Waals surface area contributed by atoms with Crippen LogP contribution in [0.25, 0.3) is 0 Å². The van der Waals surface area contributed by atoms with Crippen molar-refractivity contribution < 1.29 is 9.53 Å². The van der Waals surface area contributed by atoms with Crippen molar-refractivity contribution in [1.29, 1.82) is 0 Å². The largest absolute Gasteiger partial charge is 0.466 e. The van der Waals surface area contributed by atoms with E-state index in [9.17, 15) is 4.79 Å². The lowest BCUT2D eigenvalue weighted by Crippen LogP contribution is -2.14. The van der Waals surface area contributed by atoms with Crippen LogP contribution in [-0.2, 0) is 9.53 Å². The van der Waals surface area contributed by atoms with Gasteiger partial charge in [0.2, 0.25) is 0 Å². The van der Waals surface area contributed by atoms with E-state index < -0.39 is 11.3 Å². The molecule has 0 fully saturated rings. The summed E-state index contributed by atoms with van der Waals surface area (Å²) < 4.78 is 4.35. The number of esters is 1. The van der Waals surface area contributed by atoms with Gasteiger partial charge in [-0.05, 0) is 0 Å². The van der Waals surface area contributed by atoms with Crippen LogP contribution >= 0.6 is 23.2 Å². The highest BCUT2D eigenvalue weighted by Crippen LogP contribution is 2.10. The van der Waals surface area contributed by atoms with E-state index >= 15 is 0 Å². The molecule has 1 atom stereocenters. The number of hydrogen-bond acceptors (Lipinski definition) is 2. The van der Waals surface area contributed by atoms with Crippen molar-refractivity contribution in [3.8, 4) is 0 Å². The van der Waals surface area contributed by atoms with E-state index in [1.165, 1.54) is 7.11 Å². The average molecular weight is 183 g/mol. The third-order valence-corrected chi connectivity index (χ3v) is 1.85. The highest BCUT2D eigenvalue weighted by Gasteiger charge is 2.15. The topological polar surface area (TPSA) is 26.3 Å². The maximum absolute atomic E-state index is 10.6. The molecule has 0 amide bonds. The van der Waals surface area contributed by atoms with E-state index in [1.807, 2.05) is 0 Å². The Labute approximate surface area is 69.8 Å². The van der Waals surface area contributed by atoms with Gasteiger partial charge >= 0.3 is 5.97 Å². The van der Waals surface area contributed by atoms with Crippen LogP contribution in [0.4, 0.5) is 0 Å². The average Bonchev–Trinajstić information content (AvgIpc) is 2.00. The van der Waals surface area contributed by atoms with Gasteiger partial charge in [-0.25, -0.2) is 4.79 Å². The first kappa shape index (κ1) is 9.79. The van der Waals surface area contributed by atoms with Crippen LogP contribution < -0.4 is 0 Å². The summed E-state index contributed by atoms with van der Waals surface area (Å²) >= 11 is 10.9. The van der Waals surface area contributed by atoms with Crippen LogP contribution in [0.5, 0.6) is 0 Å². The Bertz CT molecular complexity index is 145. The molecule has 0 bridgehead atoms. The van der Waals surface area contributed by atoms with Crippen molar-refractivity contribution in [2.45, 2.75) is 5.38 Å². The second-order valence-corrected chi connectivity index (χ2v) is 2.47. The molecule has 0 aromatic carbocycles. The molecule has 0 aliphatic heterocycles. The minimum Gasteiger partial charge on any atom is -0.466 e. The van der Waals surface area contributed by atoms with Crippen molar-refractivity contribution in [1.82, 2.24) is 0 Å². The summed E-state index contributed by atoms with van der Waals surface area (Å²) in [4.78, 5) is 10.6. The molecule has 0 radical (unpaired) electrons. The molecular formula is C6H8Cl2O2. The van der Waals surface area contributed by atoms with Crippen LogP contribution in [0.1, 0.15) is 0 Å². The Balaban J connectivity index is 3.95. The van der Waals surface area contributed by atoms with Crippen LogP contribution in [-0.4, -0.2) is 24.3 Å². The lowest BCUT2D eigenvalue weighted by molar-refractivity contribution is -0.136. The first-order valence-electron chi connectivity index (χ1n) is 2.60. The molecule has 0 aromatic rings. The summed E-state index contributed by atoms with van der Waals surface area (Å²) in [7, 11) is 1.27. The molecule has 0 saturated carbocycles. The lowest BCUT2D eigenvalue weighted by atomic mass is 10.2. The van der Waals surface area contributed by atoms with Gasteiger partial charge in [-0.1, -0.05) is 6.58 Å². The Kier molecular flexibility index (Phi) is 4.49. The zero-order chi connectivity index (χ0) is 8.15. The maximum Gasteiger partial charge on any atom is 0.334 e. The normalized spacial score (nSPS) is 12.3. The first-order valence-corrected chi connectivity index (χ1v) is 3.57. The number of alkyl halides is 2. The number of methoxy groups -OCH3 is 1. The smallest absolute Gasteiger partial charge is 0.334 e. The van der Waals surface area contributed by atoms with Gasteiger partial charge < -0.3 is 4.74 Å². The third kappa shape index (κ3) is 2.58. The number of hydrogen-bond donors (Lipinski definition) is 0. The van der Waals surface area contributed by atoms with Gasteiger partial charge in [-0.3, -0.25) is 0 Å². The minimum atomic E-state index is -0.533. The molecular weight excluding hydrogens is 175 g/mol. The van der Waals surface area contributed by atoms with Crippen LogP contribution in [0.2, 0.25) is 0 Å². The van der Waals surface area contributed by atoms with E-state index in [1.54, 1.807) is 0 Å². The molecule has 0 spiro atoms. The number of carbonyl (C=O) groups is 1. The highest BCUT2D eigenvalue weighted by molar-refractivity contribution is 6.31. The monoisotopic (exact) mass is 182 g/mol. The molecule has 0 rings (SSSR count). The predicted molar refractivity (Wildman–Crippen MR) is 41.5 cm³/mol. The minimum absolute atomic E-state index is 0.162. The third-order valence-electron chi connectivity index (χ3n) is 0.961. The zero-order valence-electron chi connectivity index (χ0n) is 5.56. The van der Waals surface area contributed by atoms with E-state index in [-0.39, 0.29) is 11.5 Å². The summed E-state index contributed by atoms with van der Waals surface area (Å²) in [6, 6.07) is 0. The molecule has 0 aliphatic carbocycles. The predicted octanol–water partition coefficient (Wildman–Crippen LogP) is 1.56. The summed E-state index contributed by atoms with van der Waals surface area (Å²) in [5.74, 6) is -0.351. The summed E-state index contributed by atoms with van der Waals surface area (Å²) in [5.41, 5.74) is 0.194. The standard InChI is InChI=1S/C6H8Cl2O2/c1-4(5(8)3-7)6(9)10-2/h5H,1,3H2,2H3. The summed E-state index contributed by atoms with van der Waals surface area (Å²) in [6.45, 7) is 3.41. The van der Waals surface area contributed by atoms with Gasteiger partial charge in [-0.2, -0.15) is 0 Å². The Morgan fingerprint density at radius 3 is 2.60 bits per heavy atom. The van der Waals surface area contributed by atoms with E-state index in [4.69, 9.17) is 23.2 Å². The van der Waals surface area contributed by atoms with E-state index in [2.05, 4.69) is 11.3 Å². The fourth-order valence-corrected chi connectivity index (χ4v) is 0.627. The molecule has 1 unspecified atom stereocenters. The maximum atomic E-state index is 10.6. The molecule has 0 heterocycles. The van der Waals surface area contributed by atoms with Crippen molar-refractivity contribution in [2.75, 3.05) is 13.0 Å². The number of halogens is 2. The molecule has 2 nitrogen and oxygen atoms in total. The number of rotatable bonds is 3. The Morgan fingerprint density at radius 2 is 2.30 bits per heavy atom. The molecule has 58 valence electrons. The van der Waals surface area contributed by atoms with E-state index in [0.29, 0.717) is 0 Å². The fraction of sp³-hybridized carbons (Fsp3) is 0.500. The second kappa shape index (κ2) is 4.58. The van der Waals surface area contributed by atoms with Crippen molar-refractivity contribution in [2.24, 2.45) is 0 Å². The van der Waals surface area contributed by atoms with Crippen LogP contribution in [0.15, 0.2) is 12.2 Å². The van der Waals surface area contributed by atoms with Gasteiger partial charge in [0, 0.05) is 11.5 Å². The number of carbonyl (C=O) groups excluding carboxylic acids is 1. The Morgan fingerprint density at radius 1 is 1.80 bits per heavy atom. The van der Waals surface area contributed by atoms with Gasteiger partial charge in [-0.15, -0.1) is 23.2 Å². The van der Waals surface area contributed by atoms with Gasteiger partial charge in [0.1, 0.15) is 0 Å². The zero-order valence-corrected chi connectivity index (χ0v) is 7.08. The fourth-order valence-electron chi connectivity index (χ4n) is 0.352. The molecule has 0 N–H and O–H groups in total. The van der Waals surface area contributed by atoms with Crippen molar-refractivity contribution >= 4 is 29.2 Å². The number of ether oxygens (including phenoxy) is 1. The quantitative estimate of drug-likeness (QED) is 0.377. The van der Waals surface area contributed by atoms with Crippen molar-refractivity contribution in [3.05, 3.63) is 12.2 Å².